The molecule has 1 aliphatic carbocycles. The number of H-pyrrole nitrogens is 1. The van der Waals surface area contributed by atoms with Crippen LogP contribution in [-0.2, 0) is 10.2 Å². The van der Waals surface area contributed by atoms with E-state index in [-0.39, 0.29) is 11.5 Å². The normalized spacial score (nSPS) is 18.1. The number of hydrogen-bond acceptors (Lipinski definition) is 4. The van der Waals surface area contributed by atoms with Gasteiger partial charge in [-0.2, -0.15) is 0 Å². The summed E-state index contributed by atoms with van der Waals surface area (Å²) in [6.07, 6.45) is 1.79. The Kier molecular flexibility index (Phi) is 1.95. The average Bonchev–Trinajstić information content (AvgIpc) is 2.50. The number of carbonyl (C=O) groups is 1. The summed E-state index contributed by atoms with van der Waals surface area (Å²) in [4.78, 5) is 20.8. The third-order valence-corrected chi connectivity index (χ3v) is 2.87. The van der Waals surface area contributed by atoms with E-state index >= 15 is 0 Å². The zero-order valence-corrected chi connectivity index (χ0v) is 7.77. The number of nitrogens with one attached hydrogen (secondary N) is 1. The van der Waals surface area contributed by atoms with Crippen LogP contribution >= 0.6 is 0 Å². The number of aromatic amines is 1. The van der Waals surface area contributed by atoms with Crippen LogP contribution in [0.3, 0.4) is 0 Å². The number of hydrogen-bond donors (Lipinski definition) is 2. The minimum atomic E-state index is -1.01. The van der Waals surface area contributed by atoms with E-state index in [1.54, 1.807) is 0 Å². The van der Waals surface area contributed by atoms with Crippen molar-refractivity contribution in [2.75, 3.05) is 0 Å². The summed E-state index contributed by atoms with van der Waals surface area (Å²) in [7, 11) is 0. The molecule has 0 saturated heterocycles. The van der Waals surface area contributed by atoms with Crippen molar-refractivity contribution >= 4 is 11.8 Å². The van der Waals surface area contributed by atoms with Crippen molar-refractivity contribution in [1.82, 2.24) is 10.2 Å². The Morgan fingerprint density at radius 3 is 2.67 bits per heavy atom. The number of aliphatic carboxylic acids is 1. The second kappa shape index (κ2) is 3.04. The lowest BCUT2D eigenvalue weighted by molar-refractivity contribution is -0.389. The van der Waals surface area contributed by atoms with E-state index < -0.39 is 16.3 Å². The Balaban J connectivity index is 2.36. The lowest BCUT2D eigenvalue weighted by Crippen LogP contribution is -2.42. The monoisotopic (exact) mass is 211 g/mol. The number of carboxylic acid groups (broad SMARTS) is 1. The maximum atomic E-state index is 11.1. The van der Waals surface area contributed by atoms with Crippen molar-refractivity contribution in [2.24, 2.45) is 0 Å². The van der Waals surface area contributed by atoms with Gasteiger partial charge in [0.2, 0.25) is 0 Å². The quantitative estimate of drug-likeness (QED) is 0.568. The SMILES string of the molecule is O=C(O)C1(c2cc([N+](=O)[O-])[nH]n2)CCC1. The van der Waals surface area contributed by atoms with Crippen LogP contribution in [-0.4, -0.2) is 26.2 Å². The molecular formula is C8H9N3O4. The zero-order valence-electron chi connectivity index (χ0n) is 7.77. The van der Waals surface area contributed by atoms with Crippen molar-refractivity contribution in [3.63, 3.8) is 0 Å². The smallest absolute Gasteiger partial charge is 0.342 e. The van der Waals surface area contributed by atoms with Gasteiger partial charge in [-0.05, 0) is 17.8 Å². The highest BCUT2D eigenvalue weighted by atomic mass is 16.6. The van der Waals surface area contributed by atoms with Gasteiger partial charge in [0.15, 0.2) is 0 Å². The Morgan fingerprint density at radius 2 is 2.33 bits per heavy atom. The van der Waals surface area contributed by atoms with Crippen LogP contribution in [0.15, 0.2) is 6.07 Å². The molecule has 1 heterocycles. The largest absolute Gasteiger partial charge is 0.481 e. The summed E-state index contributed by atoms with van der Waals surface area (Å²) < 4.78 is 0. The minimum absolute atomic E-state index is 0.257. The number of carboxylic acids is 1. The van der Waals surface area contributed by atoms with Gasteiger partial charge in [-0.25, -0.2) is 0 Å². The van der Waals surface area contributed by atoms with Crippen molar-refractivity contribution in [3.05, 3.63) is 21.9 Å². The highest BCUT2D eigenvalue weighted by Crippen LogP contribution is 2.43. The first kappa shape index (κ1) is 9.63. The predicted molar refractivity (Wildman–Crippen MR) is 48.4 cm³/mol. The topological polar surface area (TPSA) is 109 Å². The summed E-state index contributed by atoms with van der Waals surface area (Å²) in [6, 6.07) is 1.20. The molecule has 0 bridgehead atoms. The molecule has 0 aromatic carbocycles. The summed E-state index contributed by atoms with van der Waals surface area (Å²) in [5, 5.41) is 25.4. The van der Waals surface area contributed by atoms with Crippen molar-refractivity contribution in [2.45, 2.75) is 24.7 Å². The predicted octanol–water partition coefficient (Wildman–Crippen LogP) is 0.824. The van der Waals surface area contributed by atoms with Crippen LogP contribution in [0.4, 0.5) is 5.82 Å². The van der Waals surface area contributed by atoms with Gasteiger partial charge in [-0.15, -0.1) is 5.10 Å². The first-order valence-electron chi connectivity index (χ1n) is 4.50. The highest BCUT2D eigenvalue weighted by Gasteiger charge is 2.49. The van der Waals surface area contributed by atoms with Crippen LogP contribution in [0.5, 0.6) is 0 Å². The first-order chi connectivity index (χ1) is 7.06. The van der Waals surface area contributed by atoms with Crippen molar-refractivity contribution < 1.29 is 14.8 Å². The molecule has 0 spiro atoms. The molecule has 0 aliphatic heterocycles. The maximum absolute atomic E-state index is 11.1. The van der Waals surface area contributed by atoms with Gasteiger partial charge < -0.3 is 15.2 Å². The molecule has 15 heavy (non-hydrogen) atoms. The van der Waals surface area contributed by atoms with E-state index in [4.69, 9.17) is 5.11 Å². The molecule has 1 aliphatic rings. The van der Waals surface area contributed by atoms with E-state index in [1.165, 1.54) is 6.07 Å². The Morgan fingerprint density at radius 1 is 1.67 bits per heavy atom. The van der Waals surface area contributed by atoms with Crippen LogP contribution in [0, 0.1) is 10.1 Å². The number of aromatic nitrogens is 2. The summed E-state index contributed by atoms with van der Waals surface area (Å²) in [5.41, 5.74) is -0.752. The Bertz CT molecular complexity index is 421. The van der Waals surface area contributed by atoms with Crippen molar-refractivity contribution in [1.29, 1.82) is 0 Å². The lowest BCUT2D eigenvalue weighted by Gasteiger charge is -2.35. The molecular weight excluding hydrogens is 202 g/mol. The molecule has 0 radical (unpaired) electrons. The molecule has 2 N–H and O–H groups in total. The highest BCUT2D eigenvalue weighted by molar-refractivity contribution is 5.82. The van der Waals surface area contributed by atoms with E-state index in [0.29, 0.717) is 12.8 Å². The third-order valence-electron chi connectivity index (χ3n) is 2.87. The molecule has 1 aromatic heterocycles. The van der Waals surface area contributed by atoms with Gasteiger partial charge in [-0.3, -0.25) is 4.79 Å². The standard InChI is InChI=1S/C8H9N3O4/c12-7(13)8(2-1-3-8)5-4-6(10-9-5)11(14)15/h4H,1-3H2,(H,9,10)(H,12,13). The van der Waals surface area contributed by atoms with Crippen LogP contribution in [0.1, 0.15) is 25.0 Å². The van der Waals surface area contributed by atoms with Crippen LogP contribution < -0.4 is 0 Å². The van der Waals surface area contributed by atoms with E-state index in [0.717, 1.165) is 6.42 Å². The molecule has 1 saturated carbocycles. The minimum Gasteiger partial charge on any atom is -0.481 e. The molecule has 0 unspecified atom stereocenters. The molecule has 7 heteroatoms. The van der Waals surface area contributed by atoms with Gasteiger partial charge in [0.25, 0.3) is 0 Å². The van der Waals surface area contributed by atoms with Gasteiger partial charge >= 0.3 is 11.8 Å². The zero-order chi connectivity index (χ0) is 11.1. The van der Waals surface area contributed by atoms with Gasteiger partial charge in [0.1, 0.15) is 11.1 Å². The molecule has 1 aromatic rings. The lowest BCUT2D eigenvalue weighted by atomic mass is 9.67. The fourth-order valence-corrected chi connectivity index (χ4v) is 1.76. The Labute approximate surface area is 84.3 Å². The molecule has 0 atom stereocenters. The fourth-order valence-electron chi connectivity index (χ4n) is 1.76. The number of rotatable bonds is 3. The molecule has 80 valence electrons. The molecule has 1 fully saturated rings. The molecule has 7 nitrogen and oxygen atoms in total. The second-order valence-corrected chi connectivity index (χ2v) is 3.64. The molecule has 0 amide bonds. The van der Waals surface area contributed by atoms with Crippen molar-refractivity contribution in [3.8, 4) is 0 Å². The second-order valence-electron chi connectivity index (χ2n) is 3.64. The average molecular weight is 211 g/mol. The van der Waals surface area contributed by atoms with E-state index in [2.05, 4.69) is 10.2 Å². The van der Waals surface area contributed by atoms with E-state index in [1.807, 2.05) is 0 Å². The Hall–Kier alpha value is -1.92. The van der Waals surface area contributed by atoms with E-state index in [9.17, 15) is 14.9 Å². The maximum Gasteiger partial charge on any atom is 0.342 e. The number of nitro groups is 1. The van der Waals surface area contributed by atoms with Crippen LogP contribution in [0.2, 0.25) is 0 Å². The molecule has 2 rings (SSSR count). The summed E-state index contributed by atoms with van der Waals surface area (Å²) >= 11 is 0. The van der Waals surface area contributed by atoms with Crippen LogP contribution in [0.25, 0.3) is 0 Å². The number of nitrogens with zero attached hydrogens (tertiary/aromatic N) is 2. The first-order valence-corrected chi connectivity index (χ1v) is 4.50. The summed E-state index contributed by atoms with van der Waals surface area (Å²) in [6.45, 7) is 0. The third kappa shape index (κ3) is 1.27. The van der Waals surface area contributed by atoms with Gasteiger partial charge in [0.05, 0.1) is 6.07 Å². The summed E-state index contributed by atoms with van der Waals surface area (Å²) in [5.74, 6) is -1.23. The fraction of sp³-hybridized carbons (Fsp3) is 0.500. The van der Waals surface area contributed by atoms with Gasteiger partial charge in [0, 0.05) is 0 Å². The van der Waals surface area contributed by atoms with Gasteiger partial charge in [-0.1, -0.05) is 11.5 Å².